The maximum Gasteiger partial charge on any atom is 0.322 e. The molecular formula is C20H19ClF3N3O2. The molecule has 0 spiro atoms. The van der Waals surface area contributed by atoms with Gasteiger partial charge < -0.3 is 15.3 Å². The molecule has 0 unspecified atom stereocenters. The van der Waals surface area contributed by atoms with Crippen molar-refractivity contribution in [3.63, 3.8) is 0 Å². The first-order valence-electron chi connectivity index (χ1n) is 8.89. The lowest BCUT2D eigenvalue weighted by atomic mass is 10.0. The fourth-order valence-corrected chi connectivity index (χ4v) is 3.20. The van der Waals surface area contributed by atoms with Crippen molar-refractivity contribution >= 4 is 28.9 Å². The van der Waals surface area contributed by atoms with Gasteiger partial charge in [0.1, 0.15) is 13.3 Å². The number of hydrogen-bond donors (Lipinski definition) is 2. The van der Waals surface area contributed by atoms with Crippen LogP contribution in [0.4, 0.5) is 23.7 Å². The Morgan fingerprint density at radius 1 is 1.31 bits per heavy atom. The third-order valence-corrected chi connectivity index (χ3v) is 4.91. The molecule has 9 heteroatoms. The van der Waals surface area contributed by atoms with Crippen LogP contribution in [-0.2, 0) is 12.6 Å². The lowest BCUT2D eigenvalue weighted by Gasteiger charge is -2.27. The number of rotatable bonds is 5. The molecule has 1 aliphatic heterocycles. The number of urea groups is 1. The Morgan fingerprint density at radius 3 is 2.59 bits per heavy atom. The van der Waals surface area contributed by atoms with Gasteiger partial charge >= 0.3 is 6.03 Å². The van der Waals surface area contributed by atoms with Crippen LogP contribution in [0.3, 0.4) is 0 Å². The highest BCUT2D eigenvalue weighted by atomic mass is 35.5. The molecule has 2 aromatic rings. The van der Waals surface area contributed by atoms with Crippen molar-refractivity contribution in [2.45, 2.75) is 19.0 Å². The molecule has 0 saturated heterocycles. The molecule has 2 heterocycles. The van der Waals surface area contributed by atoms with Crippen LogP contribution in [0.15, 0.2) is 42.6 Å². The second-order valence-electron chi connectivity index (χ2n) is 6.60. The lowest BCUT2D eigenvalue weighted by Crippen LogP contribution is -2.38. The summed E-state index contributed by atoms with van der Waals surface area (Å²) >= 11 is 6.12. The molecular weight excluding hydrogens is 407 g/mol. The van der Waals surface area contributed by atoms with Crippen molar-refractivity contribution in [1.29, 1.82) is 0 Å². The molecule has 1 aromatic heterocycles. The molecule has 0 saturated carbocycles. The number of nitrogens with zero attached hydrogens (tertiary/aromatic N) is 2. The average Bonchev–Trinajstić information content (AvgIpc) is 2.74. The van der Waals surface area contributed by atoms with Crippen LogP contribution >= 0.6 is 11.6 Å². The molecule has 2 amide bonds. The zero-order valence-corrected chi connectivity index (χ0v) is 16.1. The van der Waals surface area contributed by atoms with Crippen molar-refractivity contribution < 1.29 is 23.1 Å². The minimum Gasteiger partial charge on any atom is -0.390 e. The minimum atomic E-state index is -3.41. The standard InChI is InChI=1S/C20H19ClF3N3O2/c21-17-9-15(20(23,24)12-28)11-25-18(17)14-5-7-27(8-6-14)19(29)26-16-3-1-13(10-22)2-4-16/h1-5,9,11,28H,6-8,10,12H2,(H,26,29). The first-order valence-corrected chi connectivity index (χ1v) is 9.27. The maximum atomic E-state index is 13.6. The van der Waals surface area contributed by atoms with Gasteiger partial charge in [-0.05, 0) is 35.8 Å². The Kier molecular flexibility index (Phi) is 6.44. The molecule has 0 fully saturated rings. The number of hydrogen-bond acceptors (Lipinski definition) is 3. The molecule has 3 rings (SSSR count). The Balaban J connectivity index is 1.66. The molecule has 0 bridgehead atoms. The number of carbonyl (C=O) groups is 1. The number of aliphatic hydroxyl groups is 1. The topological polar surface area (TPSA) is 65.5 Å². The van der Waals surface area contributed by atoms with Crippen LogP contribution in [-0.4, -0.2) is 40.7 Å². The second-order valence-corrected chi connectivity index (χ2v) is 7.01. The van der Waals surface area contributed by atoms with Gasteiger partial charge in [0.05, 0.1) is 10.7 Å². The van der Waals surface area contributed by atoms with Gasteiger partial charge in [0, 0.05) is 30.5 Å². The normalized spacial score (nSPS) is 14.5. The van der Waals surface area contributed by atoms with Crippen molar-refractivity contribution in [2.24, 2.45) is 0 Å². The number of nitrogens with one attached hydrogen (secondary N) is 1. The van der Waals surface area contributed by atoms with Gasteiger partial charge in [-0.15, -0.1) is 0 Å². The number of benzene rings is 1. The van der Waals surface area contributed by atoms with Gasteiger partial charge in [0.25, 0.3) is 5.92 Å². The van der Waals surface area contributed by atoms with Crippen molar-refractivity contribution in [3.05, 3.63) is 64.4 Å². The maximum absolute atomic E-state index is 13.6. The number of anilines is 1. The van der Waals surface area contributed by atoms with Crippen molar-refractivity contribution in [2.75, 3.05) is 25.0 Å². The average molecular weight is 426 g/mol. The molecule has 1 aliphatic rings. The van der Waals surface area contributed by atoms with Crippen LogP contribution < -0.4 is 5.32 Å². The Hall–Kier alpha value is -2.58. The van der Waals surface area contributed by atoms with Gasteiger partial charge in [0.15, 0.2) is 0 Å². The third kappa shape index (κ3) is 4.89. The zero-order valence-electron chi connectivity index (χ0n) is 15.3. The van der Waals surface area contributed by atoms with E-state index in [9.17, 15) is 18.0 Å². The summed E-state index contributed by atoms with van der Waals surface area (Å²) in [7, 11) is 0. The Labute approximate surface area is 170 Å². The number of halogens is 4. The van der Waals surface area contributed by atoms with E-state index in [1.165, 1.54) is 0 Å². The summed E-state index contributed by atoms with van der Waals surface area (Å²) in [6.45, 7) is -1.19. The van der Waals surface area contributed by atoms with Gasteiger partial charge in [-0.25, -0.2) is 9.18 Å². The molecule has 0 radical (unpaired) electrons. The number of carbonyl (C=O) groups excluding carboxylic acids is 1. The van der Waals surface area contributed by atoms with Gasteiger partial charge in [-0.3, -0.25) is 4.98 Å². The third-order valence-electron chi connectivity index (χ3n) is 4.62. The molecule has 154 valence electrons. The predicted molar refractivity (Wildman–Crippen MR) is 105 cm³/mol. The number of pyridine rings is 1. The molecule has 0 aliphatic carbocycles. The van der Waals surface area contributed by atoms with Gasteiger partial charge in [-0.1, -0.05) is 29.8 Å². The first-order chi connectivity index (χ1) is 13.8. The summed E-state index contributed by atoms with van der Waals surface area (Å²) in [6, 6.07) is 7.26. The summed E-state index contributed by atoms with van der Waals surface area (Å²) in [5, 5.41) is 11.6. The van der Waals surface area contributed by atoms with E-state index < -0.39 is 24.8 Å². The monoisotopic (exact) mass is 425 g/mol. The lowest BCUT2D eigenvalue weighted by molar-refractivity contribution is -0.0558. The van der Waals surface area contributed by atoms with Crippen molar-refractivity contribution in [3.8, 4) is 0 Å². The quantitative estimate of drug-likeness (QED) is 0.735. The zero-order chi connectivity index (χ0) is 21.0. The van der Waals surface area contributed by atoms with Crippen LogP contribution in [0, 0.1) is 0 Å². The number of alkyl halides is 3. The summed E-state index contributed by atoms with van der Waals surface area (Å²) in [5.74, 6) is -3.41. The van der Waals surface area contributed by atoms with Gasteiger partial charge in [-0.2, -0.15) is 8.78 Å². The Morgan fingerprint density at radius 2 is 2.03 bits per heavy atom. The molecule has 5 nitrogen and oxygen atoms in total. The second kappa shape index (κ2) is 8.84. The molecule has 1 aromatic carbocycles. The van der Waals surface area contributed by atoms with Crippen LogP contribution in [0.25, 0.3) is 5.57 Å². The van der Waals surface area contributed by atoms with E-state index >= 15 is 0 Å². The summed E-state index contributed by atoms with van der Waals surface area (Å²) < 4.78 is 39.7. The molecule has 29 heavy (non-hydrogen) atoms. The van der Waals surface area contributed by atoms with Crippen LogP contribution in [0.5, 0.6) is 0 Å². The highest BCUT2D eigenvalue weighted by Crippen LogP contribution is 2.33. The largest absolute Gasteiger partial charge is 0.390 e. The fraction of sp³-hybridized carbons (Fsp3) is 0.300. The van der Waals surface area contributed by atoms with Crippen LogP contribution in [0.1, 0.15) is 23.2 Å². The smallest absolute Gasteiger partial charge is 0.322 e. The van der Waals surface area contributed by atoms with Crippen LogP contribution in [0.2, 0.25) is 5.02 Å². The summed E-state index contributed by atoms with van der Waals surface area (Å²) in [6.07, 6.45) is 3.22. The molecule has 0 atom stereocenters. The van der Waals surface area contributed by atoms with E-state index in [1.807, 2.05) is 0 Å². The van der Waals surface area contributed by atoms with E-state index in [4.69, 9.17) is 16.7 Å². The predicted octanol–water partition coefficient (Wildman–Crippen LogP) is 4.61. The first kappa shape index (κ1) is 21.1. The van der Waals surface area contributed by atoms with E-state index in [2.05, 4.69) is 10.3 Å². The van der Waals surface area contributed by atoms with E-state index in [0.29, 0.717) is 36.5 Å². The fourth-order valence-electron chi connectivity index (χ4n) is 2.91. The SMILES string of the molecule is O=C(Nc1ccc(CF)cc1)N1CC=C(c2ncc(C(F)(F)CO)cc2Cl)CC1. The Bertz CT molecular complexity index is 920. The number of amides is 2. The van der Waals surface area contributed by atoms with Gasteiger partial charge in [0.2, 0.25) is 0 Å². The minimum absolute atomic E-state index is 0.0627. The number of aliphatic hydroxyl groups excluding tert-OH is 1. The highest BCUT2D eigenvalue weighted by molar-refractivity contribution is 6.32. The summed E-state index contributed by atoms with van der Waals surface area (Å²) in [5.41, 5.74) is 1.77. The number of aromatic nitrogens is 1. The van der Waals surface area contributed by atoms with E-state index in [0.717, 1.165) is 17.8 Å². The van der Waals surface area contributed by atoms with Crippen molar-refractivity contribution in [1.82, 2.24) is 9.88 Å². The highest BCUT2D eigenvalue weighted by Gasteiger charge is 2.32. The summed E-state index contributed by atoms with van der Waals surface area (Å²) in [4.78, 5) is 18.0. The van der Waals surface area contributed by atoms with E-state index in [-0.39, 0.29) is 11.1 Å². The van der Waals surface area contributed by atoms with E-state index in [1.54, 1.807) is 35.2 Å². The molecule has 2 N–H and O–H groups in total.